The van der Waals surface area contributed by atoms with Crippen molar-refractivity contribution in [3.63, 3.8) is 0 Å². The number of rotatable bonds is 6. The van der Waals surface area contributed by atoms with Gasteiger partial charge < -0.3 is 15.3 Å². The van der Waals surface area contributed by atoms with Crippen molar-refractivity contribution in [1.29, 1.82) is 0 Å². The largest absolute Gasteiger partial charge is 0.372 e. The van der Waals surface area contributed by atoms with Crippen molar-refractivity contribution in [3.8, 4) is 0 Å². The van der Waals surface area contributed by atoms with Crippen LogP contribution in [-0.4, -0.2) is 60.7 Å². The second kappa shape index (κ2) is 8.78. The summed E-state index contributed by atoms with van der Waals surface area (Å²) < 4.78 is 38.7. The van der Waals surface area contributed by atoms with Crippen molar-refractivity contribution < 1.29 is 27.5 Å². The summed E-state index contributed by atoms with van der Waals surface area (Å²) in [6.45, 7) is 0.164. The van der Waals surface area contributed by atoms with Gasteiger partial charge in [-0.2, -0.15) is 0 Å². The number of hydrogen-bond donors (Lipinski definition) is 3. The minimum absolute atomic E-state index is 0.0386. The lowest BCUT2D eigenvalue weighted by Gasteiger charge is -2.35. The predicted molar refractivity (Wildman–Crippen MR) is 109 cm³/mol. The van der Waals surface area contributed by atoms with E-state index in [0.29, 0.717) is 31.2 Å². The van der Waals surface area contributed by atoms with Gasteiger partial charge in [-0.25, -0.2) is 17.5 Å². The summed E-state index contributed by atoms with van der Waals surface area (Å²) in [6, 6.07) is 3.51. The molecule has 3 rings (SSSR count). The van der Waals surface area contributed by atoms with Crippen molar-refractivity contribution in [2.45, 2.75) is 56.3 Å². The molecule has 11 heteroatoms. The number of carbonyl (C=O) groups excluding carboxylic acids is 2. The maximum absolute atomic E-state index is 13.4. The van der Waals surface area contributed by atoms with Gasteiger partial charge in [-0.1, -0.05) is 11.6 Å². The van der Waals surface area contributed by atoms with Crippen LogP contribution in [0.3, 0.4) is 0 Å². The van der Waals surface area contributed by atoms with Gasteiger partial charge in [0.05, 0.1) is 6.26 Å². The molecule has 3 N–H and O–H groups in total. The maximum Gasteiger partial charge on any atom is 0.264 e. The van der Waals surface area contributed by atoms with Crippen molar-refractivity contribution >= 4 is 33.4 Å². The number of amides is 2. The molecule has 166 valence electrons. The van der Waals surface area contributed by atoms with Crippen LogP contribution in [0, 0.1) is 5.82 Å². The normalized spacial score (nSPS) is 27.3. The lowest BCUT2D eigenvalue weighted by atomic mass is 9.90. The van der Waals surface area contributed by atoms with Gasteiger partial charge >= 0.3 is 0 Å². The highest BCUT2D eigenvalue weighted by Gasteiger charge is 2.53. The smallest absolute Gasteiger partial charge is 0.264 e. The molecule has 2 amide bonds. The summed E-state index contributed by atoms with van der Waals surface area (Å²) in [5.74, 6) is -2.03. The molecule has 2 fully saturated rings. The molecule has 0 aromatic heterocycles. The fraction of sp³-hybridized carbons (Fsp3) is 0.579. The van der Waals surface area contributed by atoms with Gasteiger partial charge in [-0.3, -0.25) is 9.59 Å². The Morgan fingerprint density at radius 2 is 1.97 bits per heavy atom. The van der Waals surface area contributed by atoms with Crippen LogP contribution in [0.4, 0.5) is 4.39 Å². The summed E-state index contributed by atoms with van der Waals surface area (Å²) in [7, 11) is -3.29. The molecule has 1 aliphatic carbocycles. The third-order valence-electron chi connectivity index (χ3n) is 5.60. The van der Waals surface area contributed by atoms with Crippen LogP contribution in [0.1, 0.15) is 37.7 Å². The third kappa shape index (κ3) is 5.29. The van der Waals surface area contributed by atoms with Crippen molar-refractivity contribution in [2.75, 3.05) is 12.8 Å². The SMILES string of the molecule is CS(=O)(=O)NC1CCC(N2CCC(O)(C(=O)NCc3cc(F)cc(Cl)c3)C2=O)CC1. The molecule has 8 nitrogen and oxygen atoms in total. The average Bonchev–Trinajstić information content (AvgIpc) is 2.95. The first-order valence-electron chi connectivity index (χ1n) is 9.72. The Labute approximate surface area is 179 Å². The zero-order chi connectivity index (χ0) is 22.1. The van der Waals surface area contributed by atoms with Crippen LogP contribution < -0.4 is 10.0 Å². The number of sulfonamides is 1. The van der Waals surface area contributed by atoms with Crippen molar-refractivity contribution in [1.82, 2.24) is 14.9 Å². The standard InChI is InChI=1S/C19H25ClFN3O5S/c1-30(28,29)23-15-2-4-16(5-3-15)24-7-6-19(27,18(24)26)17(25)22-11-12-8-13(20)10-14(21)9-12/h8-10,15-16,23,27H,2-7,11H2,1H3,(H,22,25). The fourth-order valence-electron chi connectivity index (χ4n) is 4.14. The van der Waals surface area contributed by atoms with Crippen molar-refractivity contribution in [2.24, 2.45) is 0 Å². The first-order valence-corrected chi connectivity index (χ1v) is 12.0. The van der Waals surface area contributed by atoms with Crippen LogP contribution in [0.5, 0.6) is 0 Å². The second-order valence-corrected chi connectivity index (χ2v) is 10.2. The highest BCUT2D eigenvalue weighted by molar-refractivity contribution is 7.88. The molecule has 1 saturated carbocycles. The number of nitrogens with one attached hydrogen (secondary N) is 2. The average molecular weight is 462 g/mol. The number of hydrogen-bond acceptors (Lipinski definition) is 5. The molecule has 1 saturated heterocycles. The summed E-state index contributed by atoms with van der Waals surface area (Å²) in [6.07, 6.45) is 3.39. The van der Waals surface area contributed by atoms with E-state index in [0.717, 1.165) is 12.3 Å². The molecule has 1 atom stereocenters. The zero-order valence-electron chi connectivity index (χ0n) is 16.5. The van der Waals surface area contributed by atoms with Gasteiger partial charge in [0.1, 0.15) is 5.82 Å². The van der Waals surface area contributed by atoms with Gasteiger partial charge in [0, 0.05) is 36.6 Å². The summed E-state index contributed by atoms with van der Waals surface area (Å²) in [5, 5.41) is 13.4. The number of likely N-dealkylation sites (tertiary alicyclic amines) is 1. The van der Waals surface area contributed by atoms with E-state index in [9.17, 15) is 27.5 Å². The van der Waals surface area contributed by atoms with E-state index in [1.54, 1.807) is 0 Å². The highest BCUT2D eigenvalue weighted by Crippen LogP contribution is 2.31. The van der Waals surface area contributed by atoms with Gasteiger partial charge in [-0.15, -0.1) is 0 Å². The third-order valence-corrected chi connectivity index (χ3v) is 6.58. The molecule has 1 aromatic carbocycles. The molecule has 1 heterocycles. The van der Waals surface area contributed by atoms with E-state index in [1.807, 2.05) is 0 Å². The zero-order valence-corrected chi connectivity index (χ0v) is 18.1. The fourth-order valence-corrected chi connectivity index (χ4v) is 5.22. The Hall–Kier alpha value is -1.75. The number of carbonyl (C=O) groups is 2. The predicted octanol–water partition coefficient (Wildman–Crippen LogP) is 0.919. The van der Waals surface area contributed by atoms with E-state index < -0.39 is 33.3 Å². The quantitative estimate of drug-likeness (QED) is 0.545. The van der Waals surface area contributed by atoms with Crippen LogP contribution in [0.25, 0.3) is 0 Å². The molecule has 1 unspecified atom stereocenters. The number of halogens is 2. The van der Waals surface area contributed by atoms with E-state index in [1.165, 1.54) is 17.0 Å². The number of benzene rings is 1. The van der Waals surface area contributed by atoms with E-state index in [-0.39, 0.29) is 36.6 Å². The topological polar surface area (TPSA) is 116 Å². The Kier molecular flexibility index (Phi) is 6.71. The first kappa shape index (κ1) is 22.9. The van der Waals surface area contributed by atoms with Crippen LogP contribution in [-0.2, 0) is 26.2 Å². The van der Waals surface area contributed by atoms with Gasteiger partial charge in [0.25, 0.3) is 11.8 Å². The molecule has 0 spiro atoms. The van der Waals surface area contributed by atoms with E-state index in [2.05, 4.69) is 10.0 Å². The number of nitrogens with zero attached hydrogens (tertiary/aromatic N) is 1. The monoisotopic (exact) mass is 461 g/mol. The van der Waals surface area contributed by atoms with Gasteiger partial charge in [0.2, 0.25) is 15.6 Å². The molecule has 2 aliphatic rings. The second-order valence-electron chi connectivity index (χ2n) is 7.96. The molecular weight excluding hydrogens is 437 g/mol. The molecule has 1 aliphatic heterocycles. The lowest BCUT2D eigenvalue weighted by molar-refractivity contribution is -0.155. The Bertz CT molecular complexity index is 916. The minimum Gasteiger partial charge on any atom is -0.372 e. The molecule has 30 heavy (non-hydrogen) atoms. The van der Waals surface area contributed by atoms with Crippen molar-refractivity contribution in [3.05, 3.63) is 34.6 Å². The Morgan fingerprint density at radius 1 is 1.30 bits per heavy atom. The Morgan fingerprint density at radius 3 is 2.57 bits per heavy atom. The minimum atomic E-state index is -3.29. The number of aliphatic hydroxyl groups is 1. The molecule has 0 bridgehead atoms. The Balaban J connectivity index is 1.57. The van der Waals surface area contributed by atoms with E-state index >= 15 is 0 Å². The molecule has 1 aromatic rings. The maximum atomic E-state index is 13.4. The van der Waals surface area contributed by atoms with Crippen LogP contribution >= 0.6 is 11.6 Å². The summed E-state index contributed by atoms with van der Waals surface area (Å²) in [4.78, 5) is 26.9. The highest BCUT2D eigenvalue weighted by atomic mass is 35.5. The molecular formula is C19H25ClFN3O5S. The first-order chi connectivity index (χ1) is 14.0. The lowest BCUT2D eigenvalue weighted by Crippen LogP contribution is -2.54. The van der Waals surface area contributed by atoms with Gasteiger partial charge in [0.15, 0.2) is 0 Å². The summed E-state index contributed by atoms with van der Waals surface area (Å²) >= 11 is 5.79. The van der Waals surface area contributed by atoms with Crippen LogP contribution in [0.2, 0.25) is 5.02 Å². The summed E-state index contributed by atoms with van der Waals surface area (Å²) in [5.41, 5.74) is -1.75. The molecule has 0 radical (unpaired) electrons. The van der Waals surface area contributed by atoms with E-state index in [4.69, 9.17) is 11.6 Å². The van der Waals surface area contributed by atoms with Gasteiger partial charge in [-0.05, 0) is 49.4 Å². The van der Waals surface area contributed by atoms with Crippen LogP contribution in [0.15, 0.2) is 18.2 Å².